The van der Waals surface area contributed by atoms with Crippen LogP contribution in [-0.4, -0.2) is 83.6 Å². The van der Waals surface area contributed by atoms with E-state index in [1.807, 2.05) is 0 Å². The lowest BCUT2D eigenvalue weighted by molar-refractivity contribution is -0.478. The van der Waals surface area contributed by atoms with E-state index in [2.05, 4.69) is 53.7 Å². The van der Waals surface area contributed by atoms with E-state index in [0.29, 0.717) is 24.7 Å². The van der Waals surface area contributed by atoms with Crippen molar-refractivity contribution in [2.24, 2.45) is 45.3 Å². The zero-order chi connectivity index (χ0) is 35.3. The van der Waals surface area contributed by atoms with Crippen molar-refractivity contribution < 1.29 is 48.2 Å². The van der Waals surface area contributed by atoms with Crippen LogP contribution in [0.2, 0.25) is 0 Å². The van der Waals surface area contributed by atoms with Gasteiger partial charge in [-0.2, -0.15) is 0 Å². The summed E-state index contributed by atoms with van der Waals surface area (Å²) in [6.07, 6.45) is 11.4. The molecule has 276 valence electrons. The van der Waals surface area contributed by atoms with E-state index in [-0.39, 0.29) is 46.7 Å². The van der Waals surface area contributed by atoms with Gasteiger partial charge in [-0.05, 0) is 121 Å². The Bertz CT molecular complexity index is 1420. The van der Waals surface area contributed by atoms with Crippen LogP contribution in [0.1, 0.15) is 106 Å². The summed E-state index contributed by atoms with van der Waals surface area (Å²) in [6.45, 7) is 14.1. The summed E-state index contributed by atoms with van der Waals surface area (Å²) in [4.78, 5) is 24.4. The Morgan fingerprint density at radius 1 is 0.680 bits per heavy atom. The van der Waals surface area contributed by atoms with Gasteiger partial charge in [0.05, 0.1) is 25.4 Å². The smallest absolute Gasteiger partial charge is 0.255 e. The molecular formula is C40H56O10. The largest absolute Gasteiger partial charge is 0.361 e. The zero-order valence-corrected chi connectivity index (χ0v) is 30.6. The predicted octanol–water partition coefficient (Wildman–Crippen LogP) is 5.13. The monoisotopic (exact) mass is 696 g/mol. The van der Waals surface area contributed by atoms with Gasteiger partial charge in [0.1, 0.15) is 12.6 Å². The third-order valence-electron chi connectivity index (χ3n) is 17.0. The van der Waals surface area contributed by atoms with E-state index in [1.54, 1.807) is 0 Å². The first kappa shape index (κ1) is 34.3. The van der Waals surface area contributed by atoms with Gasteiger partial charge < -0.3 is 38.6 Å². The van der Waals surface area contributed by atoms with E-state index < -0.39 is 47.6 Å². The van der Waals surface area contributed by atoms with Crippen molar-refractivity contribution in [1.29, 1.82) is 0 Å². The zero-order valence-electron chi connectivity index (χ0n) is 30.6. The van der Waals surface area contributed by atoms with Gasteiger partial charge in [-0.25, -0.2) is 0 Å². The molecule has 10 heteroatoms. The summed E-state index contributed by atoms with van der Waals surface area (Å²) in [5.74, 6) is -2.77. The Morgan fingerprint density at radius 2 is 1.06 bits per heavy atom. The standard InChI is InChI=1S/C40H56O10/c1-23-13-15-33(3)25(19-41)9-7-11-27(33)35(23,5)17-29-37(21-45-37)39(43)31(47-29)49-40(44)32(50-39)48-30(38(40)22-46-38)18-36(6)24(2)14-16-34(4)26(20-42)10-8-12-28(34)36/h9-10,19-20,23-24,27-32,43-44H,7-8,11-18,21-22H2,1-6H3/t23-,24-,27-,28-,29-,30-,31-,32+,33-,34-,35-,36-,37+,38+,39+,40+/m1/s1. The molecule has 2 N–H and O–H groups in total. The van der Waals surface area contributed by atoms with Crippen molar-refractivity contribution in [3.63, 3.8) is 0 Å². The van der Waals surface area contributed by atoms with Crippen LogP contribution in [0.15, 0.2) is 23.3 Å². The van der Waals surface area contributed by atoms with Crippen molar-refractivity contribution in [2.45, 2.75) is 153 Å². The second-order valence-electron chi connectivity index (χ2n) is 18.8. The number of aldehydes is 2. The molecule has 7 fully saturated rings. The highest BCUT2D eigenvalue weighted by atomic mass is 16.9. The highest BCUT2D eigenvalue weighted by Gasteiger charge is 2.87. The number of fused-ring (bicyclic) bond motifs is 6. The first-order valence-corrected chi connectivity index (χ1v) is 19.3. The Balaban J connectivity index is 0.985. The lowest BCUT2D eigenvalue weighted by atomic mass is 9.46. The highest BCUT2D eigenvalue weighted by molar-refractivity contribution is 5.76. The van der Waals surface area contributed by atoms with E-state index in [1.165, 1.54) is 0 Å². The molecule has 50 heavy (non-hydrogen) atoms. The average Bonchev–Trinajstić information content (AvgIpc) is 4.00. The van der Waals surface area contributed by atoms with Crippen LogP contribution in [-0.2, 0) is 38.0 Å². The number of hydrogen-bond donors (Lipinski definition) is 2. The first-order chi connectivity index (χ1) is 23.6. The molecule has 16 atom stereocenters. The SMILES string of the molecule is C[C@@H]1CC[C@]2(C)C(C=O)=CCC[C@H]2[C@]1(C)C[C@H]1O[C@@H]2O[C@@]3(O)[C@@H](O[C@H](C[C@]4(C)[C@H](C)CC[C@]5(C)C(C=O)=CCC[C@@H]45)[C@@]34CO4)O[C@]2(O)[C@]12CO2. The fourth-order valence-electron chi connectivity index (χ4n) is 13.1. The van der Waals surface area contributed by atoms with Crippen molar-refractivity contribution in [1.82, 2.24) is 0 Å². The lowest BCUT2D eigenvalue weighted by Crippen LogP contribution is -2.68. The third kappa shape index (κ3) is 4.03. The normalized spacial score (nSPS) is 59.1. The Hall–Kier alpha value is -1.50. The van der Waals surface area contributed by atoms with Crippen molar-refractivity contribution in [3.05, 3.63) is 23.3 Å². The van der Waals surface area contributed by atoms with Crippen LogP contribution in [0.5, 0.6) is 0 Å². The third-order valence-corrected chi connectivity index (χ3v) is 17.0. The minimum Gasteiger partial charge on any atom is -0.361 e. The summed E-state index contributed by atoms with van der Waals surface area (Å²) in [5, 5.41) is 24.8. The van der Waals surface area contributed by atoms with E-state index in [4.69, 9.17) is 28.4 Å². The van der Waals surface area contributed by atoms with Crippen LogP contribution >= 0.6 is 0 Å². The van der Waals surface area contributed by atoms with E-state index in [9.17, 15) is 19.8 Å². The maximum Gasteiger partial charge on any atom is 0.255 e. The summed E-state index contributed by atoms with van der Waals surface area (Å²) < 4.78 is 38.5. The van der Waals surface area contributed by atoms with Gasteiger partial charge in [0.2, 0.25) is 12.6 Å². The van der Waals surface area contributed by atoms with E-state index >= 15 is 0 Å². The number of aliphatic hydroxyl groups is 2. The molecular weight excluding hydrogens is 640 g/mol. The maximum atomic E-state index is 12.4. The first-order valence-electron chi connectivity index (χ1n) is 19.3. The lowest BCUT2D eigenvalue weighted by Gasteiger charge is -2.58. The number of hydrogen-bond acceptors (Lipinski definition) is 10. The van der Waals surface area contributed by atoms with Crippen LogP contribution in [0.3, 0.4) is 0 Å². The molecule has 0 radical (unpaired) electrons. The molecule has 5 aliphatic heterocycles. The molecule has 0 aromatic heterocycles. The van der Waals surface area contributed by atoms with Gasteiger partial charge in [-0.15, -0.1) is 0 Å². The van der Waals surface area contributed by atoms with Gasteiger partial charge in [0, 0.05) is 0 Å². The number of allylic oxidation sites excluding steroid dienone is 4. The van der Waals surface area contributed by atoms with Crippen molar-refractivity contribution in [2.75, 3.05) is 13.2 Å². The topological polar surface area (TPSA) is 137 Å². The van der Waals surface area contributed by atoms with Crippen molar-refractivity contribution >= 4 is 12.6 Å². The van der Waals surface area contributed by atoms with Gasteiger partial charge in [-0.1, -0.05) is 53.7 Å². The predicted molar refractivity (Wildman–Crippen MR) is 179 cm³/mol. The van der Waals surface area contributed by atoms with E-state index in [0.717, 1.165) is 75.1 Å². The highest BCUT2D eigenvalue weighted by Crippen LogP contribution is 2.69. The van der Waals surface area contributed by atoms with Gasteiger partial charge in [0.25, 0.3) is 11.6 Å². The van der Waals surface area contributed by atoms with Crippen LogP contribution in [0, 0.1) is 45.3 Å². The molecule has 4 aliphatic carbocycles. The Labute approximate surface area is 295 Å². The average molecular weight is 697 g/mol. The number of rotatable bonds is 6. The molecule has 0 aromatic carbocycles. The minimum absolute atomic E-state index is 0.211. The summed E-state index contributed by atoms with van der Waals surface area (Å²) in [7, 11) is 0. The van der Waals surface area contributed by atoms with Crippen LogP contribution in [0.25, 0.3) is 0 Å². The Morgan fingerprint density at radius 3 is 1.40 bits per heavy atom. The van der Waals surface area contributed by atoms with Gasteiger partial charge in [0.15, 0.2) is 11.2 Å². The molecule has 2 saturated carbocycles. The molecule has 0 amide bonds. The Kier molecular flexibility index (Phi) is 7.26. The van der Waals surface area contributed by atoms with Gasteiger partial charge >= 0.3 is 0 Å². The molecule has 5 heterocycles. The van der Waals surface area contributed by atoms with Crippen LogP contribution in [0.4, 0.5) is 0 Å². The molecule has 0 unspecified atom stereocenters. The molecule has 2 spiro atoms. The maximum absolute atomic E-state index is 12.4. The van der Waals surface area contributed by atoms with Gasteiger partial charge in [-0.3, -0.25) is 9.59 Å². The minimum atomic E-state index is -1.99. The quantitative estimate of drug-likeness (QED) is 0.284. The van der Waals surface area contributed by atoms with Crippen LogP contribution < -0.4 is 0 Å². The second kappa shape index (κ2) is 10.6. The summed E-state index contributed by atoms with van der Waals surface area (Å²) in [6, 6.07) is 0. The molecule has 5 saturated heterocycles. The summed E-state index contributed by atoms with van der Waals surface area (Å²) >= 11 is 0. The number of epoxide rings is 2. The number of ether oxygens (including phenoxy) is 6. The summed E-state index contributed by atoms with van der Waals surface area (Å²) in [5.41, 5.74) is -1.39. The second-order valence-corrected chi connectivity index (χ2v) is 18.8. The fraction of sp³-hybridized carbons (Fsp3) is 0.850. The molecule has 0 bridgehead atoms. The molecule has 9 rings (SSSR count). The number of carbonyl (C=O) groups is 2. The molecule has 9 aliphatic rings. The van der Waals surface area contributed by atoms with Crippen molar-refractivity contribution in [3.8, 4) is 0 Å². The molecule has 10 nitrogen and oxygen atoms in total. The molecule has 0 aromatic rings. The fourth-order valence-corrected chi connectivity index (χ4v) is 13.1. The number of carbonyl (C=O) groups excluding carboxylic acids is 2.